The minimum Gasteiger partial charge on any atom is -0.394 e. The molecule has 0 spiro atoms. The van der Waals surface area contributed by atoms with Gasteiger partial charge in [0.15, 0.2) is 5.82 Å². The van der Waals surface area contributed by atoms with Crippen LogP contribution >= 0.6 is 11.6 Å². The molecule has 0 radical (unpaired) electrons. The fourth-order valence-corrected chi connectivity index (χ4v) is 8.53. The monoisotopic (exact) mass is 923 g/mol. The van der Waals surface area contributed by atoms with Crippen LogP contribution in [0, 0.1) is 35.3 Å². The molecule has 0 bridgehead atoms. The fraction of sp³-hybridized carbons (Fsp3) is 0.429. The Labute approximate surface area is 364 Å². The number of alkyl halides is 5. The number of sulfonamides is 1. The van der Waals surface area contributed by atoms with Crippen molar-refractivity contribution in [2.24, 2.45) is 29.6 Å². The number of benzene rings is 2. The van der Waals surface area contributed by atoms with Gasteiger partial charge in [0.25, 0.3) is 5.92 Å². The first-order chi connectivity index (χ1) is 29.3. The van der Waals surface area contributed by atoms with Crippen molar-refractivity contribution in [3.63, 3.8) is 0 Å². The third-order valence-electron chi connectivity index (χ3n) is 10.7. The predicted octanol–water partition coefficient (Wildman–Crippen LogP) is 6.51. The number of fused-ring (bicyclic) bond motifs is 2. The summed E-state index contributed by atoms with van der Waals surface area (Å²) in [5.74, 6) is -3.34. The second-order valence-corrected chi connectivity index (χ2v) is 18.6. The van der Waals surface area contributed by atoms with Gasteiger partial charge in [-0.1, -0.05) is 23.6 Å². The zero-order valence-corrected chi connectivity index (χ0v) is 36.6. The highest BCUT2D eigenvalue weighted by Crippen LogP contribution is 2.57. The first kappa shape index (κ1) is 47.3. The van der Waals surface area contributed by atoms with Crippen LogP contribution in [-0.4, -0.2) is 97.3 Å². The smallest absolute Gasteiger partial charge is 0.394 e. The lowest BCUT2D eigenvalue weighted by molar-refractivity contribution is -0.120. The normalized spacial score (nSPS) is 19.4. The highest BCUT2D eigenvalue weighted by Gasteiger charge is 2.63. The maximum absolute atomic E-state index is 15.6. The maximum atomic E-state index is 15.6. The molecule has 6 rings (SSSR count). The number of aliphatic imine (C=N–C) groups is 1. The quantitative estimate of drug-likeness (QED) is 0.0873. The van der Waals surface area contributed by atoms with Gasteiger partial charge >= 0.3 is 6.18 Å². The summed E-state index contributed by atoms with van der Waals surface area (Å²) < 4.78 is 130. The molecule has 63 heavy (non-hydrogen) atoms. The van der Waals surface area contributed by atoms with E-state index in [-0.39, 0.29) is 58.0 Å². The molecule has 2 aliphatic carbocycles. The summed E-state index contributed by atoms with van der Waals surface area (Å²) in [7, 11) is 1.52. The van der Waals surface area contributed by atoms with E-state index in [9.17, 15) is 35.2 Å². The number of hydrogen-bond acceptors (Lipinski definition) is 9. The van der Waals surface area contributed by atoms with Gasteiger partial charge in [-0.25, -0.2) is 22.2 Å². The summed E-state index contributed by atoms with van der Waals surface area (Å²) in [6, 6.07) is 7.59. The molecule has 2 fully saturated rings. The number of amides is 1. The van der Waals surface area contributed by atoms with E-state index in [1.54, 1.807) is 18.2 Å². The van der Waals surface area contributed by atoms with Gasteiger partial charge < -0.3 is 21.3 Å². The van der Waals surface area contributed by atoms with Gasteiger partial charge in [-0.3, -0.25) is 19.2 Å². The van der Waals surface area contributed by atoms with Gasteiger partial charge in [0.1, 0.15) is 35.3 Å². The van der Waals surface area contributed by atoms with Gasteiger partial charge in [0, 0.05) is 48.8 Å². The van der Waals surface area contributed by atoms with Crippen molar-refractivity contribution < 1.29 is 43.9 Å². The van der Waals surface area contributed by atoms with Crippen LogP contribution in [0.3, 0.4) is 0 Å². The summed E-state index contributed by atoms with van der Waals surface area (Å²) >= 11 is 6.62. The second-order valence-electron chi connectivity index (χ2n) is 16.4. The number of rotatable bonds is 13. The van der Waals surface area contributed by atoms with Crippen LogP contribution in [-0.2, 0) is 28.3 Å². The van der Waals surface area contributed by atoms with Gasteiger partial charge in [-0.05, 0) is 94.9 Å². The molecule has 5 N–H and O–H groups in total. The molecular formula is C42H45ClF7N9O3S. The minimum atomic E-state index is -5.14. The first-order valence-electron chi connectivity index (χ1n) is 19.6. The van der Waals surface area contributed by atoms with E-state index < -0.39 is 86.6 Å². The van der Waals surface area contributed by atoms with Crippen molar-refractivity contribution in [3.05, 3.63) is 87.3 Å². The van der Waals surface area contributed by atoms with E-state index in [0.29, 0.717) is 30.2 Å². The molecule has 2 saturated carbocycles. The minimum absolute atomic E-state index is 0.0291. The second kappa shape index (κ2) is 17.7. The third kappa shape index (κ3) is 10.6. The average molecular weight is 924 g/mol. The van der Waals surface area contributed by atoms with E-state index >= 15 is 8.78 Å². The van der Waals surface area contributed by atoms with E-state index in [0.717, 1.165) is 18.4 Å². The van der Waals surface area contributed by atoms with Gasteiger partial charge in [-0.2, -0.15) is 27.1 Å². The Morgan fingerprint density at radius 2 is 1.76 bits per heavy atom. The number of nitrogens with zero attached hydrogens (tertiary/aromatic N) is 5. The summed E-state index contributed by atoms with van der Waals surface area (Å²) in [6.07, 6.45) is -4.61. The molecule has 4 aromatic rings. The molecule has 0 unspecified atom stereocenters. The van der Waals surface area contributed by atoms with Crippen molar-refractivity contribution in [3.8, 4) is 23.0 Å². The molecule has 2 aromatic heterocycles. The van der Waals surface area contributed by atoms with Crippen LogP contribution in [0.25, 0.3) is 22.0 Å². The van der Waals surface area contributed by atoms with Crippen molar-refractivity contribution in [1.82, 2.24) is 30.3 Å². The number of allylic oxidation sites excluding steroid dienone is 2. The highest BCUT2D eigenvalue weighted by atomic mass is 35.5. The zero-order valence-electron chi connectivity index (χ0n) is 35.0. The number of halogens is 8. The highest BCUT2D eigenvalue weighted by molar-refractivity contribution is 7.92. The van der Waals surface area contributed by atoms with E-state index in [4.69, 9.17) is 22.3 Å². The Balaban J connectivity index is 1.51. The summed E-state index contributed by atoms with van der Waals surface area (Å²) in [6.45, 7) is 3.93. The molecule has 0 saturated heterocycles. The maximum Gasteiger partial charge on any atom is 0.431 e. The Hall–Kier alpha value is -5.23. The topological polar surface area (TPSA) is 160 Å². The molecule has 2 heterocycles. The lowest BCUT2D eigenvalue weighted by Crippen LogP contribution is -2.41. The van der Waals surface area contributed by atoms with Crippen LogP contribution in [0.1, 0.15) is 49.7 Å². The van der Waals surface area contributed by atoms with Gasteiger partial charge in [-0.15, -0.1) is 0 Å². The van der Waals surface area contributed by atoms with Crippen molar-refractivity contribution in [2.75, 3.05) is 44.7 Å². The Morgan fingerprint density at radius 1 is 1.10 bits per heavy atom. The van der Waals surface area contributed by atoms with E-state index in [1.165, 1.54) is 17.8 Å². The number of nitrogens with two attached hydrogens (primary N) is 1. The standard InChI is InChI=1S/C42H45ClF7N9O3S/c1-40(2,53-15-16-58(3)4)14-13-25-7-8-26(27-10-12-30(43)34-36(27)59(5)56-39(34)57-63(6,61)62)35(54-25)31(19-22-17-23(44)20-24(45)18-22)55-32(60)21-52-38-33(37(51)42(48,49)50)28-9-11-29(28)41(38,46)47/h7-8,10,12,17-18,20,28-29,31,53H,9,11,15-16,19,21,51H2,1-6H3,(H,55,60)(H,56,57)/t28-,29+,31-/m0/s1. The third-order valence-corrected chi connectivity index (χ3v) is 11.6. The largest absolute Gasteiger partial charge is 0.431 e. The van der Waals surface area contributed by atoms with Gasteiger partial charge in [0.05, 0.1) is 39.5 Å². The molecular weight excluding hydrogens is 879 g/mol. The van der Waals surface area contributed by atoms with Crippen LogP contribution in [0.5, 0.6) is 0 Å². The van der Waals surface area contributed by atoms with E-state index in [2.05, 4.69) is 37.3 Å². The van der Waals surface area contributed by atoms with Crippen molar-refractivity contribution in [2.45, 2.75) is 56.8 Å². The summed E-state index contributed by atoms with van der Waals surface area (Å²) in [5.41, 5.74) is 2.07. The zero-order chi connectivity index (χ0) is 46.4. The van der Waals surface area contributed by atoms with Crippen LogP contribution < -0.4 is 21.1 Å². The molecule has 2 aliphatic rings. The van der Waals surface area contributed by atoms with Crippen molar-refractivity contribution >= 4 is 50.0 Å². The number of pyridine rings is 1. The van der Waals surface area contributed by atoms with Crippen LogP contribution in [0.2, 0.25) is 5.02 Å². The number of anilines is 1. The average Bonchev–Trinajstić information content (AvgIpc) is 3.52. The molecule has 338 valence electrons. The number of carbonyl (C=O) groups is 1. The lowest BCUT2D eigenvalue weighted by atomic mass is 9.73. The van der Waals surface area contributed by atoms with Gasteiger partial charge in [0.2, 0.25) is 15.9 Å². The number of likely N-dealkylation sites (N-methyl/N-ethyl adjacent to an activating group) is 1. The number of aryl methyl sites for hydroxylation is 1. The van der Waals surface area contributed by atoms with E-state index in [1.807, 2.05) is 32.8 Å². The molecule has 12 nitrogen and oxygen atoms in total. The molecule has 3 atom stereocenters. The predicted molar refractivity (Wildman–Crippen MR) is 227 cm³/mol. The van der Waals surface area contributed by atoms with Crippen molar-refractivity contribution in [1.29, 1.82) is 0 Å². The van der Waals surface area contributed by atoms with Crippen LogP contribution in [0.4, 0.5) is 36.6 Å². The first-order valence-corrected chi connectivity index (χ1v) is 21.8. The van der Waals surface area contributed by atoms with Crippen LogP contribution in [0.15, 0.2) is 58.7 Å². The Kier molecular flexibility index (Phi) is 13.3. The molecule has 21 heteroatoms. The summed E-state index contributed by atoms with van der Waals surface area (Å²) in [4.78, 5) is 24.5. The molecule has 2 aromatic carbocycles. The molecule has 1 amide bonds. The number of carbonyl (C=O) groups excluding carboxylic acids is 1. The fourth-order valence-electron chi connectivity index (χ4n) is 7.79. The number of hydrogen-bond donors (Lipinski definition) is 4. The SMILES string of the molecule is CN(C)CCNC(C)(C)C#Cc1ccc(-c2ccc(Cl)c3c(NS(C)(=O)=O)nn(C)c23)c([C@H](Cc2cc(F)cc(F)c2)NC(=O)CN=C2C(=C(N)C(F)(F)F)[C@H]3CC[C@H]3C2(F)F)n1. The summed E-state index contributed by atoms with van der Waals surface area (Å²) in [5, 5.41) is 10.7. The number of nitrogens with one attached hydrogen (secondary N) is 3. The number of aromatic nitrogens is 3. The Morgan fingerprint density at radius 3 is 2.37 bits per heavy atom. The Bertz CT molecular complexity index is 2670. The molecule has 0 aliphatic heterocycles. The lowest BCUT2D eigenvalue weighted by Gasteiger charge is -2.33.